The lowest BCUT2D eigenvalue weighted by molar-refractivity contribution is 0.0600. The van der Waals surface area contributed by atoms with Crippen molar-refractivity contribution < 1.29 is 14.3 Å². The molecule has 1 saturated heterocycles. The van der Waals surface area contributed by atoms with Gasteiger partial charge in [-0.15, -0.1) is 0 Å². The maximum atomic E-state index is 12.2. The van der Waals surface area contributed by atoms with E-state index in [1.807, 2.05) is 72.9 Å². The summed E-state index contributed by atoms with van der Waals surface area (Å²) in [5.41, 5.74) is 4.09. The molecule has 0 spiro atoms. The number of rotatable bonds is 6. The Kier molecular flexibility index (Phi) is 6.20. The second kappa shape index (κ2) is 9.60. The van der Waals surface area contributed by atoms with E-state index in [2.05, 4.69) is 25.8 Å². The molecule has 2 aromatic heterocycles. The zero-order chi connectivity index (χ0) is 24.4. The van der Waals surface area contributed by atoms with Crippen LogP contribution in [0.25, 0.3) is 5.69 Å². The fourth-order valence-corrected chi connectivity index (χ4v) is 4.81. The van der Waals surface area contributed by atoms with Crippen molar-refractivity contribution in [3.8, 4) is 11.4 Å². The highest BCUT2D eigenvalue weighted by molar-refractivity contribution is 7.80. The number of aromatic nitrogens is 2. The van der Waals surface area contributed by atoms with Gasteiger partial charge in [-0.2, -0.15) is 0 Å². The minimum atomic E-state index is -0.381. The van der Waals surface area contributed by atoms with E-state index >= 15 is 0 Å². The maximum absolute atomic E-state index is 12.2. The molecule has 1 aliphatic rings. The molecule has 5 rings (SSSR count). The van der Waals surface area contributed by atoms with Crippen molar-refractivity contribution in [2.24, 2.45) is 0 Å². The van der Waals surface area contributed by atoms with Gasteiger partial charge in [0.2, 0.25) is 0 Å². The molecule has 1 N–H and O–H groups in total. The number of anilines is 1. The van der Waals surface area contributed by atoms with Crippen molar-refractivity contribution in [1.29, 1.82) is 0 Å². The van der Waals surface area contributed by atoms with Crippen LogP contribution in [0.4, 0.5) is 5.69 Å². The van der Waals surface area contributed by atoms with E-state index in [1.54, 1.807) is 19.4 Å². The van der Waals surface area contributed by atoms with E-state index < -0.39 is 0 Å². The summed E-state index contributed by atoms with van der Waals surface area (Å²) in [5.74, 6) is 0.361. The molecule has 0 saturated carbocycles. The first-order chi connectivity index (χ1) is 17.1. The predicted octanol–water partition coefficient (Wildman–Crippen LogP) is 4.84. The summed E-state index contributed by atoms with van der Waals surface area (Å²) in [6.07, 6.45) is 3.76. The molecular formula is C27H24N4O3S. The molecule has 1 aliphatic heterocycles. The topological polar surface area (TPSA) is 68.6 Å². The highest BCUT2D eigenvalue weighted by Gasteiger charge is 2.42. The van der Waals surface area contributed by atoms with Crippen molar-refractivity contribution in [2.75, 3.05) is 19.1 Å². The van der Waals surface area contributed by atoms with Gasteiger partial charge in [-0.1, -0.05) is 18.2 Å². The average Bonchev–Trinajstić information content (AvgIpc) is 3.53. The van der Waals surface area contributed by atoms with Crippen LogP contribution in [0.3, 0.4) is 0 Å². The Labute approximate surface area is 208 Å². The molecule has 3 heterocycles. The molecule has 7 nitrogen and oxygen atoms in total. The lowest BCUT2D eigenvalue weighted by Crippen LogP contribution is -2.30. The van der Waals surface area contributed by atoms with Crippen LogP contribution in [-0.2, 0) is 4.74 Å². The molecule has 0 unspecified atom stereocenters. The zero-order valence-electron chi connectivity index (χ0n) is 19.3. The number of pyridine rings is 1. The standard InChI is InChI=1S/C27H24N4O3S/c1-33-21-11-6-10-20(17-21)31-25(24(29-27(31)35)22-12-3-4-14-28-22)23-13-7-15-30(23)19-9-5-8-18(16-19)26(32)34-2/h3-17,24-25H,1-2H3,(H,29,35)/t24-,25-/m1/s1. The average molecular weight is 485 g/mol. The second-order valence-electron chi connectivity index (χ2n) is 8.04. The molecule has 0 radical (unpaired) electrons. The second-order valence-corrected chi connectivity index (χ2v) is 8.43. The van der Waals surface area contributed by atoms with Crippen LogP contribution in [0, 0.1) is 0 Å². The summed E-state index contributed by atoms with van der Waals surface area (Å²) < 4.78 is 12.5. The summed E-state index contributed by atoms with van der Waals surface area (Å²) in [4.78, 5) is 18.9. The molecule has 0 amide bonds. The van der Waals surface area contributed by atoms with Crippen LogP contribution in [0.1, 0.15) is 33.8 Å². The largest absolute Gasteiger partial charge is 0.497 e. The van der Waals surface area contributed by atoms with Gasteiger partial charge in [-0.3, -0.25) is 4.98 Å². The smallest absolute Gasteiger partial charge is 0.337 e. The van der Waals surface area contributed by atoms with E-state index in [1.165, 1.54) is 7.11 Å². The SMILES string of the molecule is COC(=O)c1cccc(-n2cccc2[C@@H]2[C@@H](c3ccccn3)NC(=S)N2c2cccc(OC)c2)c1. The third kappa shape index (κ3) is 4.24. The Bertz CT molecular complexity index is 1370. The van der Waals surface area contributed by atoms with Crippen LogP contribution in [0.2, 0.25) is 0 Å². The number of nitrogens with one attached hydrogen (secondary N) is 1. The van der Waals surface area contributed by atoms with Gasteiger partial charge in [-0.25, -0.2) is 4.79 Å². The van der Waals surface area contributed by atoms with Crippen LogP contribution in [-0.4, -0.2) is 34.9 Å². The monoisotopic (exact) mass is 484 g/mol. The van der Waals surface area contributed by atoms with E-state index in [0.29, 0.717) is 10.7 Å². The number of hydrogen-bond donors (Lipinski definition) is 1. The number of benzene rings is 2. The number of nitrogens with zero attached hydrogens (tertiary/aromatic N) is 3. The number of hydrogen-bond acceptors (Lipinski definition) is 5. The molecule has 0 bridgehead atoms. The van der Waals surface area contributed by atoms with Gasteiger partial charge in [0, 0.05) is 35.5 Å². The van der Waals surface area contributed by atoms with Crippen molar-refractivity contribution in [1.82, 2.24) is 14.9 Å². The Hall–Kier alpha value is -4.17. The number of carbonyl (C=O) groups excluding carboxylic acids is 1. The van der Waals surface area contributed by atoms with E-state index in [9.17, 15) is 4.79 Å². The summed E-state index contributed by atoms with van der Waals surface area (Å²) in [6.45, 7) is 0. The van der Waals surface area contributed by atoms with Gasteiger partial charge in [0.05, 0.1) is 31.5 Å². The Morgan fingerprint density at radius 2 is 1.80 bits per heavy atom. The minimum absolute atomic E-state index is 0.202. The molecular weight excluding hydrogens is 460 g/mol. The van der Waals surface area contributed by atoms with Crippen molar-refractivity contribution >= 4 is 29.0 Å². The Morgan fingerprint density at radius 1 is 0.971 bits per heavy atom. The maximum Gasteiger partial charge on any atom is 0.337 e. The van der Waals surface area contributed by atoms with Gasteiger partial charge in [-0.05, 0) is 66.8 Å². The number of carbonyl (C=O) groups is 1. The first-order valence-electron chi connectivity index (χ1n) is 11.1. The summed E-state index contributed by atoms with van der Waals surface area (Å²) in [6, 6.07) is 24.7. The lowest BCUT2D eigenvalue weighted by Gasteiger charge is -2.29. The van der Waals surface area contributed by atoms with Crippen LogP contribution >= 0.6 is 12.2 Å². The van der Waals surface area contributed by atoms with Gasteiger partial charge in [0.1, 0.15) is 11.8 Å². The molecule has 0 aliphatic carbocycles. The van der Waals surface area contributed by atoms with Gasteiger partial charge in [0.15, 0.2) is 5.11 Å². The fourth-order valence-electron chi connectivity index (χ4n) is 4.46. The van der Waals surface area contributed by atoms with E-state index in [-0.39, 0.29) is 18.1 Å². The predicted molar refractivity (Wildman–Crippen MR) is 138 cm³/mol. The molecule has 35 heavy (non-hydrogen) atoms. The lowest BCUT2D eigenvalue weighted by atomic mass is 10.0. The normalized spacial score (nSPS) is 17.2. The third-order valence-corrected chi connectivity index (χ3v) is 6.37. The van der Waals surface area contributed by atoms with Gasteiger partial charge in [0.25, 0.3) is 0 Å². The summed E-state index contributed by atoms with van der Waals surface area (Å²) in [7, 11) is 3.03. The number of ether oxygens (including phenoxy) is 2. The third-order valence-electron chi connectivity index (χ3n) is 6.06. The van der Waals surface area contributed by atoms with Gasteiger partial charge >= 0.3 is 5.97 Å². The highest BCUT2D eigenvalue weighted by atomic mass is 32.1. The minimum Gasteiger partial charge on any atom is -0.497 e. The fraction of sp³-hybridized carbons (Fsp3) is 0.148. The molecule has 1 fully saturated rings. The quantitative estimate of drug-likeness (QED) is 0.310. The Balaban J connectivity index is 1.65. The molecule has 8 heteroatoms. The van der Waals surface area contributed by atoms with Crippen molar-refractivity contribution in [2.45, 2.75) is 12.1 Å². The number of thiocarbonyl (C=S) groups is 1. The van der Waals surface area contributed by atoms with Crippen LogP contribution < -0.4 is 15.0 Å². The molecule has 2 atom stereocenters. The Morgan fingerprint density at radius 3 is 2.57 bits per heavy atom. The summed E-state index contributed by atoms with van der Waals surface area (Å²) >= 11 is 5.84. The van der Waals surface area contributed by atoms with Crippen molar-refractivity contribution in [3.63, 3.8) is 0 Å². The first-order valence-corrected chi connectivity index (χ1v) is 11.5. The van der Waals surface area contributed by atoms with E-state index in [0.717, 1.165) is 28.5 Å². The molecule has 176 valence electrons. The molecule has 4 aromatic rings. The van der Waals surface area contributed by atoms with Crippen LogP contribution in [0.5, 0.6) is 5.75 Å². The first kappa shape index (κ1) is 22.6. The van der Waals surface area contributed by atoms with Crippen LogP contribution in [0.15, 0.2) is 91.3 Å². The number of methoxy groups -OCH3 is 2. The van der Waals surface area contributed by atoms with Crippen molar-refractivity contribution in [3.05, 3.63) is 108 Å². The highest BCUT2D eigenvalue weighted by Crippen LogP contribution is 2.42. The summed E-state index contributed by atoms with van der Waals surface area (Å²) in [5, 5.41) is 4.07. The van der Waals surface area contributed by atoms with E-state index in [4.69, 9.17) is 21.7 Å². The zero-order valence-corrected chi connectivity index (χ0v) is 20.1. The van der Waals surface area contributed by atoms with Gasteiger partial charge < -0.3 is 24.3 Å². The molecule has 2 aromatic carbocycles. The number of esters is 1.